The second-order valence-corrected chi connectivity index (χ2v) is 8.26. The maximum Gasteiger partial charge on any atom is 0.261 e. The molecule has 4 heteroatoms. The van der Waals surface area contributed by atoms with E-state index in [1.165, 1.54) is 0 Å². The van der Waals surface area contributed by atoms with Crippen molar-refractivity contribution in [3.63, 3.8) is 0 Å². The predicted molar refractivity (Wildman–Crippen MR) is 95.1 cm³/mol. The van der Waals surface area contributed by atoms with Gasteiger partial charge in [0.2, 0.25) is 0 Å². The van der Waals surface area contributed by atoms with Gasteiger partial charge in [0.15, 0.2) is 0 Å². The Morgan fingerprint density at radius 1 is 1.04 bits per heavy atom. The maximum atomic E-state index is 12.5. The normalized spacial score (nSPS) is 11.8. The first-order valence-electron chi connectivity index (χ1n) is 7.34. The summed E-state index contributed by atoms with van der Waals surface area (Å²) in [7, 11) is -3.66. The number of terminal acetylenes is 1. The van der Waals surface area contributed by atoms with E-state index >= 15 is 0 Å². The number of benzene rings is 2. The molecule has 0 bridgehead atoms. The summed E-state index contributed by atoms with van der Waals surface area (Å²) in [5.74, 6) is 2.56. The van der Waals surface area contributed by atoms with Crippen molar-refractivity contribution in [1.29, 1.82) is 0 Å². The standard InChI is InChI=1S/C19H21NO2S/c1-6-15-13-16(19(3,4)5)9-12-18(15)20-23(21,22)17-10-7-14(2)8-11-17/h1,7-13,20H,2-5H3. The first-order valence-corrected chi connectivity index (χ1v) is 8.82. The molecule has 0 heterocycles. The summed E-state index contributed by atoms with van der Waals surface area (Å²) in [6.07, 6.45) is 5.56. The molecule has 0 saturated heterocycles. The summed E-state index contributed by atoms with van der Waals surface area (Å²) < 4.78 is 27.5. The number of hydrogen-bond donors (Lipinski definition) is 1. The molecule has 0 atom stereocenters. The van der Waals surface area contributed by atoms with Crippen LogP contribution in [0.25, 0.3) is 0 Å². The topological polar surface area (TPSA) is 46.2 Å². The molecular weight excluding hydrogens is 306 g/mol. The largest absolute Gasteiger partial charge is 0.278 e. The molecule has 3 nitrogen and oxygen atoms in total. The number of anilines is 1. The molecule has 23 heavy (non-hydrogen) atoms. The Bertz CT molecular complexity index is 852. The lowest BCUT2D eigenvalue weighted by Crippen LogP contribution is -2.15. The summed E-state index contributed by atoms with van der Waals surface area (Å²) in [6, 6.07) is 12.2. The van der Waals surface area contributed by atoms with E-state index < -0.39 is 10.0 Å². The fourth-order valence-electron chi connectivity index (χ4n) is 2.14. The summed E-state index contributed by atoms with van der Waals surface area (Å²) in [5.41, 5.74) is 2.96. The molecule has 0 unspecified atom stereocenters. The minimum absolute atomic E-state index is 0.0556. The molecule has 0 aromatic heterocycles. The molecule has 0 fully saturated rings. The van der Waals surface area contributed by atoms with Crippen LogP contribution in [0.5, 0.6) is 0 Å². The van der Waals surface area contributed by atoms with Crippen molar-refractivity contribution >= 4 is 15.7 Å². The lowest BCUT2D eigenvalue weighted by molar-refractivity contribution is 0.590. The van der Waals surface area contributed by atoms with E-state index in [1.807, 2.05) is 19.1 Å². The van der Waals surface area contributed by atoms with E-state index in [9.17, 15) is 8.42 Å². The van der Waals surface area contributed by atoms with Gasteiger partial charge < -0.3 is 0 Å². The lowest BCUT2D eigenvalue weighted by atomic mass is 9.86. The third-order valence-electron chi connectivity index (χ3n) is 3.62. The van der Waals surface area contributed by atoms with Crippen LogP contribution >= 0.6 is 0 Å². The molecule has 2 rings (SSSR count). The molecule has 2 aromatic carbocycles. The number of sulfonamides is 1. The van der Waals surface area contributed by atoms with Crippen LogP contribution in [0.2, 0.25) is 0 Å². The van der Waals surface area contributed by atoms with Crippen LogP contribution in [0.4, 0.5) is 5.69 Å². The number of nitrogens with one attached hydrogen (secondary N) is 1. The molecule has 120 valence electrons. The predicted octanol–water partition coefficient (Wildman–Crippen LogP) is 4.07. The zero-order valence-corrected chi connectivity index (χ0v) is 14.7. The average molecular weight is 327 g/mol. The van der Waals surface area contributed by atoms with Gasteiger partial charge in [0.25, 0.3) is 10.0 Å². The van der Waals surface area contributed by atoms with Gasteiger partial charge in [-0.05, 0) is 42.2 Å². The number of rotatable bonds is 3. The molecule has 0 saturated carbocycles. The zero-order chi connectivity index (χ0) is 17.3. The molecule has 0 radical (unpaired) electrons. The first kappa shape index (κ1) is 17.1. The van der Waals surface area contributed by atoms with Gasteiger partial charge in [-0.1, -0.05) is 50.5 Å². The smallest absolute Gasteiger partial charge is 0.261 e. The Kier molecular flexibility index (Phi) is 4.53. The summed E-state index contributed by atoms with van der Waals surface area (Å²) in [5, 5.41) is 0. The molecule has 0 aliphatic rings. The van der Waals surface area contributed by atoms with Gasteiger partial charge in [-0.3, -0.25) is 4.72 Å². The minimum atomic E-state index is -3.66. The van der Waals surface area contributed by atoms with E-state index in [-0.39, 0.29) is 10.3 Å². The fraction of sp³-hybridized carbons (Fsp3) is 0.263. The van der Waals surface area contributed by atoms with Crippen molar-refractivity contribution in [2.24, 2.45) is 0 Å². The van der Waals surface area contributed by atoms with Gasteiger partial charge in [-0.15, -0.1) is 6.42 Å². The summed E-state index contributed by atoms with van der Waals surface area (Å²) in [4.78, 5) is 0.214. The third-order valence-corrected chi connectivity index (χ3v) is 5.00. The van der Waals surface area contributed by atoms with Gasteiger partial charge in [0.05, 0.1) is 10.6 Å². The van der Waals surface area contributed by atoms with Gasteiger partial charge in [-0.2, -0.15) is 0 Å². The fourth-order valence-corrected chi connectivity index (χ4v) is 3.22. The van der Waals surface area contributed by atoms with Gasteiger partial charge in [-0.25, -0.2) is 8.42 Å². The Hall–Kier alpha value is -2.25. The highest BCUT2D eigenvalue weighted by Crippen LogP contribution is 2.27. The zero-order valence-electron chi connectivity index (χ0n) is 13.8. The Morgan fingerprint density at radius 3 is 2.17 bits per heavy atom. The highest BCUT2D eigenvalue weighted by Gasteiger charge is 2.18. The molecule has 0 aliphatic heterocycles. The van der Waals surface area contributed by atoms with Crippen molar-refractivity contribution < 1.29 is 8.42 Å². The monoisotopic (exact) mass is 327 g/mol. The third kappa shape index (κ3) is 3.94. The van der Waals surface area contributed by atoms with Crippen LogP contribution in [0.3, 0.4) is 0 Å². The Morgan fingerprint density at radius 2 is 1.65 bits per heavy atom. The van der Waals surface area contributed by atoms with E-state index in [0.29, 0.717) is 11.3 Å². The van der Waals surface area contributed by atoms with Crippen LogP contribution < -0.4 is 4.72 Å². The van der Waals surface area contributed by atoms with Crippen LogP contribution in [0.1, 0.15) is 37.5 Å². The highest BCUT2D eigenvalue weighted by molar-refractivity contribution is 7.92. The van der Waals surface area contributed by atoms with Crippen LogP contribution in [-0.4, -0.2) is 8.42 Å². The van der Waals surface area contributed by atoms with Crippen molar-refractivity contribution in [1.82, 2.24) is 0 Å². The average Bonchev–Trinajstić information content (AvgIpc) is 2.46. The van der Waals surface area contributed by atoms with Crippen molar-refractivity contribution in [2.75, 3.05) is 4.72 Å². The number of aryl methyl sites for hydroxylation is 1. The van der Waals surface area contributed by atoms with E-state index in [1.54, 1.807) is 30.3 Å². The molecule has 0 amide bonds. The van der Waals surface area contributed by atoms with E-state index in [4.69, 9.17) is 6.42 Å². The number of hydrogen-bond acceptors (Lipinski definition) is 2. The van der Waals surface area contributed by atoms with E-state index in [2.05, 4.69) is 31.4 Å². The molecule has 0 aliphatic carbocycles. The molecule has 2 aromatic rings. The minimum Gasteiger partial charge on any atom is -0.278 e. The highest BCUT2D eigenvalue weighted by atomic mass is 32.2. The van der Waals surface area contributed by atoms with Gasteiger partial charge in [0, 0.05) is 5.56 Å². The van der Waals surface area contributed by atoms with Crippen LogP contribution in [-0.2, 0) is 15.4 Å². The SMILES string of the molecule is C#Cc1cc(C(C)(C)C)ccc1NS(=O)(=O)c1ccc(C)cc1. The maximum absolute atomic E-state index is 12.5. The summed E-state index contributed by atoms with van der Waals surface area (Å²) >= 11 is 0. The van der Waals surface area contributed by atoms with Crippen LogP contribution in [0, 0.1) is 19.3 Å². The second kappa shape index (κ2) is 6.10. The lowest BCUT2D eigenvalue weighted by Gasteiger charge is -2.20. The molecular formula is C19H21NO2S. The second-order valence-electron chi connectivity index (χ2n) is 6.57. The van der Waals surface area contributed by atoms with Crippen molar-refractivity contribution in [3.05, 3.63) is 59.2 Å². The van der Waals surface area contributed by atoms with Crippen LogP contribution in [0.15, 0.2) is 47.4 Å². The Labute approximate surface area is 138 Å². The molecule has 1 N–H and O–H groups in total. The van der Waals surface area contributed by atoms with E-state index in [0.717, 1.165) is 11.1 Å². The molecule has 0 spiro atoms. The van der Waals surface area contributed by atoms with Crippen molar-refractivity contribution in [3.8, 4) is 12.3 Å². The van der Waals surface area contributed by atoms with Gasteiger partial charge >= 0.3 is 0 Å². The summed E-state index contributed by atoms with van der Waals surface area (Å²) in [6.45, 7) is 8.15. The first-order chi connectivity index (χ1) is 10.6. The van der Waals surface area contributed by atoms with Crippen molar-refractivity contribution in [2.45, 2.75) is 38.0 Å². The Balaban J connectivity index is 2.40. The van der Waals surface area contributed by atoms with Gasteiger partial charge in [0.1, 0.15) is 0 Å². The quantitative estimate of drug-likeness (QED) is 0.864.